The first-order chi connectivity index (χ1) is 9.50. The molecule has 0 bridgehead atoms. The van der Waals surface area contributed by atoms with Gasteiger partial charge in [-0.1, -0.05) is 12.1 Å². The van der Waals surface area contributed by atoms with Gasteiger partial charge in [0.05, 0.1) is 18.1 Å². The molecule has 106 valence electrons. The normalized spacial score (nSPS) is 18.6. The summed E-state index contributed by atoms with van der Waals surface area (Å²) >= 11 is 0. The van der Waals surface area contributed by atoms with Crippen LogP contribution in [-0.4, -0.2) is 52.6 Å². The van der Waals surface area contributed by atoms with Crippen LogP contribution in [0.25, 0.3) is 0 Å². The summed E-state index contributed by atoms with van der Waals surface area (Å²) in [6.07, 6.45) is -1.10. The molecule has 0 aromatic heterocycles. The molecule has 1 saturated heterocycles. The minimum atomic E-state index is -1.16. The van der Waals surface area contributed by atoms with Crippen LogP contribution in [0.15, 0.2) is 24.3 Å². The lowest BCUT2D eigenvalue weighted by molar-refractivity contribution is -0.385. The molecule has 1 fully saturated rings. The maximum atomic E-state index is 12.3. The molecule has 8 heteroatoms. The molecule has 1 aromatic carbocycles. The average Bonchev–Trinajstić information content (AvgIpc) is 2.46. The number of nitro benzene ring substituents is 1. The molecule has 20 heavy (non-hydrogen) atoms. The Kier molecular flexibility index (Phi) is 3.94. The SMILES string of the molecule is O=C(O)C1CN(C(=O)c2ccccc2[N+](=O)[O-])CCO1. The average molecular weight is 280 g/mol. The van der Waals surface area contributed by atoms with Crippen molar-refractivity contribution in [3.8, 4) is 0 Å². The van der Waals surface area contributed by atoms with E-state index in [9.17, 15) is 19.7 Å². The van der Waals surface area contributed by atoms with E-state index in [4.69, 9.17) is 9.84 Å². The minimum Gasteiger partial charge on any atom is -0.479 e. The highest BCUT2D eigenvalue weighted by molar-refractivity contribution is 5.98. The van der Waals surface area contributed by atoms with Gasteiger partial charge in [-0.15, -0.1) is 0 Å². The number of carboxylic acids is 1. The lowest BCUT2D eigenvalue weighted by Crippen LogP contribution is -2.48. The van der Waals surface area contributed by atoms with Gasteiger partial charge in [0.1, 0.15) is 5.56 Å². The maximum absolute atomic E-state index is 12.3. The van der Waals surface area contributed by atoms with Gasteiger partial charge in [0.15, 0.2) is 6.10 Å². The zero-order valence-electron chi connectivity index (χ0n) is 10.4. The summed E-state index contributed by atoms with van der Waals surface area (Å²) in [4.78, 5) is 34.6. The highest BCUT2D eigenvalue weighted by Gasteiger charge is 2.31. The maximum Gasteiger partial charge on any atom is 0.334 e. The van der Waals surface area contributed by atoms with Crippen LogP contribution in [0.3, 0.4) is 0 Å². The van der Waals surface area contributed by atoms with Crippen LogP contribution in [0.1, 0.15) is 10.4 Å². The van der Waals surface area contributed by atoms with Crippen LogP contribution in [0.2, 0.25) is 0 Å². The number of nitrogens with zero attached hydrogens (tertiary/aromatic N) is 2. The number of ether oxygens (including phenoxy) is 1. The summed E-state index contributed by atoms with van der Waals surface area (Å²) in [5, 5.41) is 19.8. The van der Waals surface area contributed by atoms with E-state index in [0.29, 0.717) is 0 Å². The second-order valence-electron chi connectivity index (χ2n) is 4.22. The topological polar surface area (TPSA) is 110 Å². The second-order valence-corrected chi connectivity index (χ2v) is 4.22. The van der Waals surface area contributed by atoms with Gasteiger partial charge in [0.25, 0.3) is 11.6 Å². The number of carbonyl (C=O) groups is 2. The number of amides is 1. The largest absolute Gasteiger partial charge is 0.479 e. The molecule has 1 aliphatic heterocycles. The van der Waals surface area contributed by atoms with Crippen molar-refractivity contribution < 1.29 is 24.4 Å². The lowest BCUT2D eigenvalue weighted by Gasteiger charge is -2.30. The van der Waals surface area contributed by atoms with Crippen molar-refractivity contribution in [2.24, 2.45) is 0 Å². The standard InChI is InChI=1S/C12H12N2O6/c15-11(8-3-1-2-4-9(8)14(18)19)13-5-6-20-10(7-13)12(16)17/h1-4,10H,5-7H2,(H,16,17). The molecule has 1 aromatic rings. The van der Waals surface area contributed by atoms with Crippen molar-refractivity contribution >= 4 is 17.6 Å². The van der Waals surface area contributed by atoms with Crippen molar-refractivity contribution in [3.63, 3.8) is 0 Å². The van der Waals surface area contributed by atoms with Crippen molar-refractivity contribution in [1.29, 1.82) is 0 Å². The Morgan fingerprint density at radius 1 is 1.40 bits per heavy atom. The van der Waals surface area contributed by atoms with E-state index in [0.717, 1.165) is 0 Å². The quantitative estimate of drug-likeness (QED) is 0.638. The van der Waals surface area contributed by atoms with E-state index < -0.39 is 22.9 Å². The van der Waals surface area contributed by atoms with E-state index in [1.807, 2.05) is 0 Å². The molecule has 2 rings (SSSR count). The Morgan fingerprint density at radius 3 is 2.75 bits per heavy atom. The fourth-order valence-electron chi connectivity index (χ4n) is 1.97. The monoisotopic (exact) mass is 280 g/mol. The smallest absolute Gasteiger partial charge is 0.334 e. The number of nitro groups is 1. The molecule has 0 saturated carbocycles. The molecule has 1 atom stereocenters. The predicted octanol–water partition coefficient (Wildman–Crippen LogP) is 0.520. The molecule has 0 spiro atoms. The molecule has 1 unspecified atom stereocenters. The van der Waals surface area contributed by atoms with E-state index >= 15 is 0 Å². The van der Waals surface area contributed by atoms with Crippen molar-refractivity contribution in [3.05, 3.63) is 39.9 Å². The molecule has 1 N–H and O–H groups in total. The van der Waals surface area contributed by atoms with Crippen LogP contribution in [0.4, 0.5) is 5.69 Å². The molecular formula is C12H12N2O6. The summed E-state index contributed by atoms with van der Waals surface area (Å²) in [7, 11) is 0. The summed E-state index contributed by atoms with van der Waals surface area (Å²) in [5.41, 5.74) is -0.348. The second kappa shape index (κ2) is 5.66. The first kappa shape index (κ1) is 13.9. The Labute approximate surface area is 113 Å². The summed E-state index contributed by atoms with van der Waals surface area (Å²) < 4.78 is 5.01. The first-order valence-electron chi connectivity index (χ1n) is 5.88. The van der Waals surface area contributed by atoms with E-state index in [-0.39, 0.29) is 30.9 Å². The molecule has 0 aliphatic carbocycles. The Balaban J connectivity index is 2.23. The third-order valence-corrected chi connectivity index (χ3v) is 2.96. The van der Waals surface area contributed by atoms with E-state index in [1.54, 1.807) is 0 Å². The number of benzene rings is 1. The predicted molar refractivity (Wildman–Crippen MR) is 66.4 cm³/mol. The number of rotatable bonds is 3. The highest BCUT2D eigenvalue weighted by Crippen LogP contribution is 2.20. The first-order valence-corrected chi connectivity index (χ1v) is 5.88. The lowest BCUT2D eigenvalue weighted by atomic mass is 10.1. The number of carbonyl (C=O) groups excluding carboxylic acids is 1. The van der Waals surface area contributed by atoms with Crippen molar-refractivity contribution in [1.82, 2.24) is 4.90 Å². The van der Waals surface area contributed by atoms with Gasteiger partial charge in [-0.3, -0.25) is 14.9 Å². The number of hydrogen-bond donors (Lipinski definition) is 1. The zero-order valence-corrected chi connectivity index (χ0v) is 10.4. The number of hydrogen-bond acceptors (Lipinski definition) is 5. The Morgan fingerprint density at radius 2 is 2.10 bits per heavy atom. The van der Waals surface area contributed by atoms with Gasteiger partial charge in [-0.2, -0.15) is 0 Å². The number of morpholine rings is 1. The summed E-state index contributed by atoms with van der Waals surface area (Å²) in [5.74, 6) is -1.73. The molecule has 1 heterocycles. The molecule has 1 amide bonds. The van der Waals surface area contributed by atoms with E-state index in [1.165, 1.54) is 29.2 Å². The van der Waals surface area contributed by atoms with Crippen molar-refractivity contribution in [2.45, 2.75) is 6.10 Å². The van der Waals surface area contributed by atoms with Gasteiger partial charge in [-0.05, 0) is 6.07 Å². The van der Waals surface area contributed by atoms with Crippen LogP contribution in [0, 0.1) is 10.1 Å². The summed E-state index contributed by atoms with van der Waals surface area (Å²) in [6.45, 7) is 0.165. The fraction of sp³-hybridized carbons (Fsp3) is 0.333. The zero-order chi connectivity index (χ0) is 14.7. The molecule has 8 nitrogen and oxygen atoms in total. The van der Waals surface area contributed by atoms with Crippen LogP contribution < -0.4 is 0 Å². The third-order valence-electron chi connectivity index (χ3n) is 2.96. The molecular weight excluding hydrogens is 268 g/mol. The summed E-state index contributed by atoms with van der Waals surface area (Å²) in [6, 6.07) is 5.58. The number of carboxylic acid groups (broad SMARTS) is 1. The van der Waals surface area contributed by atoms with Crippen LogP contribution in [0.5, 0.6) is 0 Å². The fourth-order valence-corrected chi connectivity index (χ4v) is 1.97. The molecule has 1 aliphatic rings. The minimum absolute atomic E-state index is 0.0523. The van der Waals surface area contributed by atoms with Gasteiger partial charge in [0, 0.05) is 12.6 Å². The Bertz CT molecular complexity index is 559. The van der Waals surface area contributed by atoms with Crippen LogP contribution >= 0.6 is 0 Å². The Hall–Kier alpha value is -2.48. The third kappa shape index (κ3) is 2.75. The van der Waals surface area contributed by atoms with Gasteiger partial charge >= 0.3 is 5.97 Å². The van der Waals surface area contributed by atoms with Gasteiger partial charge in [-0.25, -0.2) is 4.79 Å². The number of para-hydroxylation sites is 1. The van der Waals surface area contributed by atoms with Gasteiger partial charge < -0.3 is 14.7 Å². The van der Waals surface area contributed by atoms with Gasteiger partial charge in [0.2, 0.25) is 0 Å². The highest BCUT2D eigenvalue weighted by atomic mass is 16.6. The number of aliphatic carboxylic acids is 1. The van der Waals surface area contributed by atoms with Crippen molar-refractivity contribution in [2.75, 3.05) is 19.7 Å². The van der Waals surface area contributed by atoms with E-state index in [2.05, 4.69) is 0 Å². The molecule has 0 radical (unpaired) electrons. The van der Waals surface area contributed by atoms with Crippen LogP contribution in [-0.2, 0) is 9.53 Å².